The summed E-state index contributed by atoms with van der Waals surface area (Å²) in [6.07, 6.45) is 1.22. The molecule has 2 saturated heterocycles. The van der Waals surface area contributed by atoms with Gasteiger partial charge in [-0.25, -0.2) is 0 Å². The zero-order valence-electron chi connectivity index (χ0n) is 11.2. The summed E-state index contributed by atoms with van der Waals surface area (Å²) in [5.41, 5.74) is 2.61. The van der Waals surface area contributed by atoms with Crippen LogP contribution in [0.3, 0.4) is 0 Å². The Bertz CT molecular complexity index is 426. The van der Waals surface area contributed by atoms with Gasteiger partial charge < -0.3 is 10.1 Å². The lowest BCUT2D eigenvalue weighted by molar-refractivity contribution is 0.0342. The molecule has 1 N–H and O–H groups in total. The number of halogens is 1. The van der Waals surface area contributed by atoms with E-state index in [1.54, 1.807) is 0 Å². The molecule has 0 spiro atoms. The zero-order valence-corrected chi connectivity index (χ0v) is 12.0. The zero-order chi connectivity index (χ0) is 13.1. The molecule has 3 nitrogen and oxygen atoms in total. The average molecular weight is 281 g/mol. The molecule has 3 rings (SSSR count). The number of ether oxygens (including phenoxy) is 1. The van der Waals surface area contributed by atoms with E-state index in [0.717, 1.165) is 51.0 Å². The van der Waals surface area contributed by atoms with E-state index >= 15 is 0 Å². The number of nitrogens with one attached hydrogen (secondary N) is 1. The van der Waals surface area contributed by atoms with E-state index in [9.17, 15) is 0 Å². The Kier molecular flexibility index (Phi) is 4.38. The van der Waals surface area contributed by atoms with Gasteiger partial charge in [0.25, 0.3) is 0 Å². The predicted octanol–water partition coefficient (Wildman–Crippen LogP) is 2.25. The fraction of sp³-hybridized carbons (Fsp3) is 0.600. The standard InChI is InChI=1S/C15H21ClN2O/c16-15-9-12(13-3-4-17-10-13)1-2-14(15)11-18-5-7-19-8-6-18/h1-2,9,13,17H,3-8,10-11H2. The number of morpholine rings is 1. The summed E-state index contributed by atoms with van der Waals surface area (Å²) in [6.45, 7) is 6.82. The number of hydrogen-bond donors (Lipinski definition) is 1. The second-order valence-corrected chi connectivity index (χ2v) is 5.84. The molecule has 1 atom stereocenters. The summed E-state index contributed by atoms with van der Waals surface area (Å²) >= 11 is 6.45. The lowest BCUT2D eigenvalue weighted by Gasteiger charge is -2.27. The van der Waals surface area contributed by atoms with Crippen LogP contribution in [0.4, 0.5) is 0 Å². The Labute approximate surface area is 119 Å². The SMILES string of the molecule is Clc1cc(C2CCNC2)ccc1CN1CCOCC1. The maximum atomic E-state index is 6.45. The molecule has 0 bridgehead atoms. The minimum atomic E-state index is 0.634. The summed E-state index contributed by atoms with van der Waals surface area (Å²) in [6, 6.07) is 6.61. The fourth-order valence-corrected chi connectivity index (χ4v) is 3.13. The minimum Gasteiger partial charge on any atom is -0.379 e. The van der Waals surface area contributed by atoms with E-state index in [0.29, 0.717) is 5.92 Å². The third-order valence-electron chi connectivity index (χ3n) is 4.11. The van der Waals surface area contributed by atoms with Crippen molar-refractivity contribution in [3.8, 4) is 0 Å². The highest BCUT2D eigenvalue weighted by Gasteiger charge is 2.18. The predicted molar refractivity (Wildman–Crippen MR) is 77.8 cm³/mol. The van der Waals surface area contributed by atoms with Crippen molar-refractivity contribution in [1.82, 2.24) is 10.2 Å². The molecular formula is C15H21ClN2O. The normalized spacial score (nSPS) is 24.8. The molecule has 2 aliphatic rings. The van der Waals surface area contributed by atoms with Gasteiger partial charge in [0.2, 0.25) is 0 Å². The molecular weight excluding hydrogens is 260 g/mol. The molecule has 0 radical (unpaired) electrons. The largest absolute Gasteiger partial charge is 0.379 e. The molecule has 1 aromatic carbocycles. The Hall–Kier alpha value is -0.610. The number of hydrogen-bond acceptors (Lipinski definition) is 3. The van der Waals surface area contributed by atoms with Gasteiger partial charge in [0.05, 0.1) is 13.2 Å². The van der Waals surface area contributed by atoms with Crippen molar-refractivity contribution in [1.29, 1.82) is 0 Å². The van der Waals surface area contributed by atoms with Crippen LogP contribution in [0, 0.1) is 0 Å². The maximum Gasteiger partial charge on any atom is 0.0594 e. The van der Waals surface area contributed by atoms with Crippen LogP contribution in [-0.4, -0.2) is 44.3 Å². The lowest BCUT2D eigenvalue weighted by atomic mass is 9.97. The first-order chi connectivity index (χ1) is 9.33. The fourth-order valence-electron chi connectivity index (χ4n) is 2.89. The summed E-state index contributed by atoms with van der Waals surface area (Å²) in [5, 5.41) is 4.32. The molecule has 0 aromatic heterocycles. The van der Waals surface area contributed by atoms with Gasteiger partial charge in [0.15, 0.2) is 0 Å². The van der Waals surface area contributed by atoms with Crippen LogP contribution in [0.2, 0.25) is 5.02 Å². The van der Waals surface area contributed by atoms with Crippen LogP contribution in [0.5, 0.6) is 0 Å². The van der Waals surface area contributed by atoms with Crippen molar-refractivity contribution in [3.05, 3.63) is 34.3 Å². The van der Waals surface area contributed by atoms with Crippen LogP contribution < -0.4 is 5.32 Å². The quantitative estimate of drug-likeness (QED) is 0.919. The molecule has 0 aliphatic carbocycles. The van der Waals surface area contributed by atoms with Crippen LogP contribution in [0.15, 0.2) is 18.2 Å². The van der Waals surface area contributed by atoms with E-state index in [-0.39, 0.29) is 0 Å². The van der Waals surface area contributed by atoms with E-state index < -0.39 is 0 Å². The van der Waals surface area contributed by atoms with Crippen molar-refractivity contribution in [2.24, 2.45) is 0 Å². The number of nitrogens with zero attached hydrogens (tertiary/aromatic N) is 1. The molecule has 2 fully saturated rings. The Morgan fingerprint density at radius 1 is 1.32 bits per heavy atom. The first-order valence-electron chi connectivity index (χ1n) is 7.12. The Morgan fingerprint density at radius 2 is 2.16 bits per heavy atom. The highest BCUT2D eigenvalue weighted by Crippen LogP contribution is 2.27. The van der Waals surface area contributed by atoms with Gasteiger partial charge in [-0.2, -0.15) is 0 Å². The second-order valence-electron chi connectivity index (χ2n) is 5.43. The minimum absolute atomic E-state index is 0.634. The summed E-state index contributed by atoms with van der Waals surface area (Å²) < 4.78 is 5.37. The Balaban J connectivity index is 1.68. The van der Waals surface area contributed by atoms with E-state index in [1.165, 1.54) is 17.5 Å². The smallest absolute Gasteiger partial charge is 0.0594 e. The van der Waals surface area contributed by atoms with Crippen LogP contribution in [0.25, 0.3) is 0 Å². The third kappa shape index (κ3) is 3.29. The number of rotatable bonds is 3. The maximum absolute atomic E-state index is 6.45. The molecule has 0 saturated carbocycles. The lowest BCUT2D eigenvalue weighted by Crippen LogP contribution is -2.35. The van der Waals surface area contributed by atoms with Crippen LogP contribution in [-0.2, 0) is 11.3 Å². The molecule has 1 unspecified atom stereocenters. The van der Waals surface area contributed by atoms with Crippen molar-refractivity contribution in [2.45, 2.75) is 18.9 Å². The molecule has 104 valence electrons. The van der Waals surface area contributed by atoms with Crippen LogP contribution in [0.1, 0.15) is 23.5 Å². The molecule has 19 heavy (non-hydrogen) atoms. The van der Waals surface area contributed by atoms with Gasteiger partial charge in [-0.05, 0) is 36.1 Å². The van der Waals surface area contributed by atoms with E-state index in [2.05, 4.69) is 28.4 Å². The summed E-state index contributed by atoms with van der Waals surface area (Å²) in [4.78, 5) is 2.40. The van der Waals surface area contributed by atoms with Crippen molar-refractivity contribution >= 4 is 11.6 Å². The van der Waals surface area contributed by atoms with Crippen LogP contribution >= 0.6 is 11.6 Å². The van der Waals surface area contributed by atoms with Gasteiger partial charge in [0, 0.05) is 31.2 Å². The highest BCUT2D eigenvalue weighted by molar-refractivity contribution is 6.31. The molecule has 1 aromatic rings. The van der Waals surface area contributed by atoms with Gasteiger partial charge in [-0.1, -0.05) is 23.7 Å². The van der Waals surface area contributed by atoms with Gasteiger partial charge in [-0.15, -0.1) is 0 Å². The van der Waals surface area contributed by atoms with Gasteiger partial charge in [-0.3, -0.25) is 4.90 Å². The third-order valence-corrected chi connectivity index (χ3v) is 4.46. The second kappa shape index (κ2) is 6.23. The summed E-state index contributed by atoms with van der Waals surface area (Å²) in [5.74, 6) is 0.634. The average Bonchev–Trinajstić information content (AvgIpc) is 2.96. The van der Waals surface area contributed by atoms with E-state index in [1.807, 2.05) is 0 Å². The first kappa shape index (κ1) is 13.4. The van der Waals surface area contributed by atoms with Crippen molar-refractivity contribution < 1.29 is 4.74 Å². The molecule has 2 heterocycles. The summed E-state index contributed by atoms with van der Waals surface area (Å²) in [7, 11) is 0. The molecule has 0 amide bonds. The highest BCUT2D eigenvalue weighted by atomic mass is 35.5. The first-order valence-corrected chi connectivity index (χ1v) is 7.50. The van der Waals surface area contributed by atoms with Gasteiger partial charge in [0.1, 0.15) is 0 Å². The molecule has 2 aliphatic heterocycles. The van der Waals surface area contributed by atoms with Crippen molar-refractivity contribution in [3.63, 3.8) is 0 Å². The topological polar surface area (TPSA) is 24.5 Å². The monoisotopic (exact) mass is 280 g/mol. The van der Waals surface area contributed by atoms with E-state index in [4.69, 9.17) is 16.3 Å². The molecule has 4 heteroatoms. The van der Waals surface area contributed by atoms with Crippen molar-refractivity contribution in [2.75, 3.05) is 39.4 Å². The van der Waals surface area contributed by atoms with Gasteiger partial charge >= 0.3 is 0 Å². The Morgan fingerprint density at radius 3 is 2.84 bits per heavy atom. The number of benzene rings is 1.